The molecule has 2 aromatic carbocycles. The number of esters is 1. The molecule has 8 heteroatoms. The van der Waals surface area contributed by atoms with E-state index in [1.807, 2.05) is 13.0 Å². The van der Waals surface area contributed by atoms with E-state index in [1.54, 1.807) is 12.1 Å². The lowest BCUT2D eigenvalue weighted by Gasteiger charge is -2.12. The van der Waals surface area contributed by atoms with E-state index in [0.29, 0.717) is 11.1 Å². The molecule has 0 amide bonds. The van der Waals surface area contributed by atoms with Gasteiger partial charge >= 0.3 is 5.97 Å². The van der Waals surface area contributed by atoms with E-state index in [1.165, 1.54) is 33.3 Å². The zero-order valence-corrected chi connectivity index (χ0v) is 16.0. The van der Waals surface area contributed by atoms with Gasteiger partial charge in [0.1, 0.15) is 13.7 Å². The number of rotatable bonds is 7. The normalized spacial score (nSPS) is 11.9. The van der Waals surface area contributed by atoms with Crippen molar-refractivity contribution in [3.05, 3.63) is 70.3 Å². The molecule has 148 valence electrons. The molecule has 0 radical (unpaired) electrons. The molecular formula is C20H20F2N2O4. The van der Waals surface area contributed by atoms with Crippen molar-refractivity contribution >= 4 is 17.4 Å². The summed E-state index contributed by atoms with van der Waals surface area (Å²) in [5, 5.41) is 7.61. The van der Waals surface area contributed by atoms with Crippen molar-refractivity contribution in [3.63, 3.8) is 0 Å². The molecule has 0 heterocycles. The Kier molecular flexibility index (Phi) is 7.20. The summed E-state index contributed by atoms with van der Waals surface area (Å²) < 4.78 is 32.0. The summed E-state index contributed by atoms with van der Waals surface area (Å²) >= 11 is 0. The Balaban J connectivity index is 2.31. The van der Waals surface area contributed by atoms with Crippen LogP contribution in [-0.2, 0) is 25.8 Å². The van der Waals surface area contributed by atoms with Crippen molar-refractivity contribution in [1.29, 1.82) is 0 Å². The summed E-state index contributed by atoms with van der Waals surface area (Å²) in [5.41, 5.74) is 2.05. The van der Waals surface area contributed by atoms with Crippen LogP contribution in [0, 0.1) is 18.6 Å². The van der Waals surface area contributed by atoms with E-state index in [9.17, 15) is 13.6 Å². The van der Waals surface area contributed by atoms with Crippen LogP contribution >= 0.6 is 0 Å². The monoisotopic (exact) mass is 390 g/mol. The number of carbonyl (C=O) groups is 1. The summed E-state index contributed by atoms with van der Waals surface area (Å²) in [7, 11) is 2.55. The van der Waals surface area contributed by atoms with E-state index in [-0.39, 0.29) is 23.6 Å². The van der Waals surface area contributed by atoms with Gasteiger partial charge in [-0.2, -0.15) is 0 Å². The molecule has 0 spiro atoms. The number of methoxy groups -OCH3 is 1. The largest absolute Gasteiger partial charge is 0.464 e. The first-order valence-electron chi connectivity index (χ1n) is 8.30. The second-order valence-corrected chi connectivity index (χ2v) is 5.77. The van der Waals surface area contributed by atoms with Crippen LogP contribution in [-0.4, -0.2) is 31.6 Å². The lowest BCUT2D eigenvalue weighted by molar-refractivity contribution is -0.132. The fourth-order valence-electron chi connectivity index (χ4n) is 2.53. The zero-order valence-electron chi connectivity index (χ0n) is 16.0. The molecule has 0 aromatic heterocycles. The maximum absolute atomic E-state index is 13.9. The molecule has 2 rings (SSSR count). The van der Waals surface area contributed by atoms with Crippen LogP contribution in [0.2, 0.25) is 0 Å². The lowest BCUT2D eigenvalue weighted by atomic mass is 9.99. The van der Waals surface area contributed by atoms with Gasteiger partial charge in [-0.25, -0.2) is 13.6 Å². The van der Waals surface area contributed by atoms with Gasteiger partial charge in [0.05, 0.1) is 12.8 Å². The van der Waals surface area contributed by atoms with Gasteiger partial charge < -0.3 is 14.4 Å². The van der Waals surface area contributed by atoms with Gasteiger partial charge in [-0.15, -0.1) is 0 Å². The Bertz CT molecular complexity index is 926. The predicted molar refractivity (Wildman–Crippen MR) is 100 cm³/mol. The van der Waals surface area contributed by atoms with Crippen LogP contribution in [0.5, 0.6) is 0 Å². The first kappa shape index (κ1) is 21.0. The molecule has 0 N–H and O–H groups in total. The highest BCUT2D eigenvalue weighted by molar-refractivity contribution is 6.43. The van der Waals surface area contributed by atoms with Crippen molar-refractivity contribution in [2.75, 3.05) is 14.2 Å². The third kappa shape index (κ3) is 4.70. The van der Waals surface area contributed by atoms with Crippen molar-refractivity contribution in [2.24, 2.45) is 10.3 Å². The number of oxime groups is 2. The zero-order chi connectivity index (χ0) is 20.7. The highest BCUT2D eigenvalue weighted by Gasteiger charge is 2.20. The van der Waals surface area contributed by atoms with Crippen molar-refractivity contribution in [3.8, 4) is 0 Å². The van der Waals surface area contributed by atoms with Gasteiger partial charge in [-0.3, -0.25) is 0 Å². The first-order valence-corrected chi connectivity index (χ1v) is 8.30. The number of halogens is 2. The molecule has 2 aromatic rings. The van der Waals surface area contributed by atoms with Crippen LogP contribution in [0.15, 0.2) is 46.7 Å². The fraction of sp³-hybridized carbons (Fsp3) is 0.250. The molecule has 0 unspecified atom stereocenters. The molecule has 0 aliphatic heterocycles. The molecule has 0 saturated heterocycles. The van der Waals surface area contributed by atoms with Gasteiger partial charge in [0.25, 0.3) is 0 Å². The highest BCUT2D eigenvalue weighted by atomic mass is 19.2. The summed E-state index contributed by atoms with van der Waals surface area (Å²) in [5.74, 6) is -2.63. The van der Waals surface area contributed by atoms with E-state index < -0.39 is 17.6 Å². The minimum absolute atomic E-state index is 0.00111. The molecule has 0 aliphatic carbocycles. The SMILES string of the molecule is CO/N=C(/C(=O)OC)c1cccc(C)c1CO/N=C(\C)c1cccc(F)c1F. The quantitative estimate of drug-likeness (QED) is 0.410. The Labute approximate surface area is 161 Å². The molecule has 0 fully saturated rings. The van der Waals surface area contributed by atoms with Gasteiger partial charge in [0, 0.05) is 16.7 Å². The van der Waals surface area contributed by atoms with E-state index >= 15 is 0 Å². The lowest BCUT2D eigenvalue weighted by Crippen LogP contribution is -2.20. The number of hydrogen-bond acceptors (Lipinski definition) is 6. The summed E-state index contributed by atoms with van der Waals surface area (Å²) in [6.45, 7) is 3.30. The Morgan fingerprint density at radius 3 is 2.39 bits per heavy atom. The Hall–Kier alpha value is -3.29. The fourth-order valence-corrected chi connectivity index (χ4v) is 2.53. The number of carbonyl (C=O) groups excluding carboxylic acids is 1. The second kappa shape index (κ2) is 9.59. The molecule has 0 aliphatic rings. The van der Waals surface area contributed by atoms with Gasteiger partial charge in [0.2, 0.25) is 0 Å². The van der Waals surface area contributed by atoms with Gasteiger partial charge in [-0.05, 0) is 31.5 Å². The molecule has 0 saturated carbocycles. The van der Waals surface area contributed by atoms with Gasteiger partial charge in [-0.1, -0.05) is 34.6 Å². The number of hydrogen-bond donors (Lipinski definition) is 0. The number of ether oxygens (including phenoxy) is 1. The minimum atomic E-state index is -0.996. The maximum Gasteiger partial charge on any atom is 0.360 e. The predicted octanol–water partition coefficient (Wildman–Crippen LogP) is 3.74. The van der Waals surface area contributed by atoms with Crippen molar-refractivity contribution < 1.29 is 28.0 Å². The number of nitrogens with zero attached hydrogens (tertiary/aromatic N) is 2. The Morgan fingerprint density at radius 2 is 1.71 bits per heavy atom. The molecule has 6 nitrogen and oxygen atoms in total. The van der Waals surface area contributed by atoms with E-state index in [2.05, 4.69) is 10.3 Å². The van der Waals surface area contributed by atoms with Crippen molar-refractivity contribution in [1.82, 2.24) is 0 Å². The molecule has 0 bridgehead atoms. The topological polar surface area (TPSA) is 69.5 Å². The standard InChI is InChI=1S/C20H20F2N2O4/c1-12-7-5-9-15(19(24-27-4)20(25)26-3)16(12)11-28-23-13(2)14-8-6-10-17(21)18(14)22/h5-10H,11H2,1-4H3/b23-13+,24-19+. The van der Waals surface area contributed by atoms with Crippen molar-refractivity contribution in [2.45, 2.75) is 20.5 Å². The van der Waals surface area contributed by atoms with Crippen LogP contribution < -0.4 is 0 Å². The third-order valence-corrected chi connectivity index (χ3v) is 3.98. The van der Waals surface area contributed by atoms with Gasteiger partial charge in [0.15, 0.2) is 17.3 Å². The number of aryl methyl sites for hydroxylation is 1. The van der Waals surface area contributed by atoms with Crippen LogP contribution in [0.3, 0.4) is 0 Å². The first-order chi connectivity index (χ1) is 13.4. The van der Waals surface area contributed by atoms with Crippen LogP contribution in [0.1, 0.15) is 29.2 Å². The minimum Gasteiger partial charge on any atom is -0.464 e. The molecular weight excluding hydrogens is 370 g/mol. The average molecular weight is 390 g/mol. The highest BCUT2D eigenvalue weighted by Crippen LogP contribution is 2.19. The Morgan fingerprint density at radius 1 is 1.04 bits per heavy atom. The van der Waals surface area contributed by atoms with E-state index in [0.717, 1.165) is 11.6 Å². The summed E-state index contributed by atoms with van der Waals surface area (Å²) in [6, 6.07) is 9.06. The van der Waals surface area contributed by atoms with Crippen LogP contribution in [0.25, 0.3) is 0 Å². The molecule has 0 atom stereocenters. The number of benzene rings is 2. The third-order valence-electron chi connectivity index (χ3n) is 3.98. The van der Waals surface area contributed by atoms with E-state index in [4.69, 9.17) is 14.4 Å². The molecule has 28 heavy (non-hydrogen) atoms. The summed E-state index contributed by atoms with van der Waals surface area (Å²) in [4.78, 5) is 22.1. The smallest absolute Gasteiger partial charge is 0.360 e. The summed E-state index contributed by atoms with van der Waals surface area (Å²) in [6.07, 6.45) is 0. The van der Waals surface area contributed by atoms with Crippen LogP contribution in [0.4, 0.5) is 8.78 Å². The average Bonchev–Trinajstić information content (AvgIpc) is 2.68. The second-order valence-electron chi connectivity index (χ2n) is 5.77. The maximum atomic E-state index is 13.9.